The molecule has 0 aliphatic heterocycles. The Kier molecular flexibility index (Phi) is 3.09. The maximum atomic E-state index is 10.6. The Morgan fingerprint density at radius 1 is 1.38 bits per heavy atom. The number of allylic oxidation sites excluding steroid dienone is 1. The predicted octanol–water partition coefficient (Wildman–Crippen LogP) is 2.09. The van der Waals surface area contributed by atoms with Crippen molar-refractivity contribution in [2.45, 2.75) is 6.92 Å². The zero-order valence-electron chi connectivity index (χ0n) is 7.32. The van der Waals surface area contributed by atoms with E-state index in [0.717, 1.165) is 5.69 Å². The van der Waals surface area contributed by atoms with Gasteiger partial charge in [-0.25, -0.2) is 0 Å². The lowest BCUT2D eigenvalue weighted by molar-refractivity contribution is -0.115. The smallest absolute Gasteiger partial charge is 0.195 e. The summed E-state index contributed by atoms with van der Waals surface area (Å²) in [6, 6.07) is 9.29. The van der Waals surface area contributed by atoms with Crippen molar-refractivity contribution in [2.75, 3.05) is 5.32 Å². The first kappa shape index (κ1) is 9.32. The van der Waals surface area contributed by atoms with Gasteiger partial charge in [-0.3, -0.25) is 4.79 Å². The summed E-state index contributed by atoms with van der Waals surface area (Å²) < 4.78 is 0. The molecule has 0 radical (unpaired) electrons. The summed E-state index contributed by atoms with van der Waals surface area (Å²) in [7, 11) is 0. The van der Waals surface area contributed by atoms with Crippen LogP contribution in [-0.2, 0) is 4.79 Å². The largest absolute Gasteiger partial charge is 0.503 e. The monoisotopic (exact) mass is 177 g/mol. The third-order valence-corrected chi connectivity index (χ3v) is 1.51. The highest BCUT2D eigenvalue weighted by molar-refractivity contribution is 5.91. The average molecular weight is 177 g/mol. The first-order chi connectivity index (χ1) is 6.20. The number of aliphatic hydroxyl groups is 1. The summed E-state index contributed by atoms with van der Waals surface area (Å²) in [6.45, 7) is 1.30. The van der Waals surface area contributed by atoms with Gasteiger partial charge in [0.2, 0.25) is 0 Å². The first-order valence-corrected chi connectivity index (χ1v) is 3.92. The van der Waals surface area contributed by atoms with Crippen molar-refractivity contribution >= 4 is 11.5 Å². The number of para-hydroxylation sites is 1. The van der Waals surface area contributed by atoms with Gasteiger partial charge < -0.3 is 10.4 Å². The predicted molar refractivity (Wildman–Crippen MR) is 51.5 cm³/mol. The van der Waals surface area contributed by atoms with E-state index in [9.17, 15) is 4.79 Å². The molecule has 3 nitrogen and oxygen atoms in total. The van der Waals surface area contributed by atoms with Crippen molar-refractivity contribution in [1.29, 1.82) is 0 Å². The van der Waals surface area contributed by atoms with Gasteiger partial charge in [-0.2, -0.15) is 0 Å². The molecule has 68 valence electrons. The zero-order valence-corrected chi connectivity index (χ0v) is 7.32. The van der Waals surface area contributed by atoms with Crippen LogP contribution in [-0.4, -0.2) is 10.9 Å². The van der Waals surface area contributed by atoms with Gasteiger partial charge in [0.1, 0.15) is 0 Å². The van der Waals surface area contributed by atoms with Gasteiger partial charge in [0.05, 0.1) is 0 Å². The molecule has 3 heteroatoms. The lowest BCUT2D eigenvalue weighted by atomic mass is 10.3. The van der Waals surface area contributed by atoms with Crippen LogP contribution in [0.25, 0.3) is 0 Å². The third kappa shape index (κ3) is 2.99. The molecule has 0 fully saturated rings. The zero-order chi connectivity index (χ0) is 9.68. The second-order valence-corrected chi connectivity index (χ2v) is 2.60. The van der Waals surface area contributed by atoms with Gasteiger partial charge in [-0.1, -0.05) is 18.2 Å². The first-order valence-electron chi connectivity index (χ1n) is 3.92. The summed E-state index contributed by atoms with van der Waals surface area (Å²) in [5.41, 5.74) is 0.829. The molecule has 0 atom stereocenters. The SMILES string of the molecule is CC(=O)/C(O)=C/Nc1ccccc1. The van der Waals surface area contributed by atoms with E-state index < -0.39 is 0 Å². The summed E-state index contributed by atoms with van der Waals surface area (Å²) in [4.78, 5) is 10.6. The molecular weight excluding hydrogens is 166 g/mol. The van der Waals surface area contributed by atoms with Crippen molar-refractivity contribution in [3.05, 3.63) is 42.3 Å². The van der Waals surface area contributed by atoms with E-state index in [1.807, 2.05) is 30.3 Å². The highest BCUT2D eigenvalue weighted by Gasteiger charge is 1.97. The molecule has 0 unspecified atom stereocenters. The standard InChI is InChI=1S/C10H11NO2/c1-8(12)10(13)7-11-9-5-3-2-4-6-9/h2-7,11,13H,1H3/b10-7-. The number of rotatable bonds is 3. The number of carbonyl (C=O) groups excluding carboxylic acids is 1. The van der Waals surface area contributed by atoms with Gasteiger partial charge in [-0.15, -0.1) is 0 Å². The minimum Gasteiger partial charge on any atom is -0.503 e. The Bertz CT molecular complexity index is 317. The van der Waals surface area contributed by atoms with Crippen LogP contribution in [0, 0.1) is 0 Å². The fourth-order valence-electron chi connectivity index (χ4n) is 0.788. The van der Waals surface area contributed by atoms with Gasteiger partial charge in [0.25, 0.3) is 0 Å². The van der Waals surface area contributed by atoms with Crippen LogP contribution in [0.5, 0.6) is 0 Å². The molecule has 0 bridgehead atoms. The molecule has 0 spiro atoms. The number of nitrogens with one attached hydrogen (secondary N) is 1. The quantitative estimate of drug-likeness (QED) is 0.549. The van der Waals surface area contributed by atoms with E-state index in [4.69, 9.17) is 5.11 Å². The molecule has 2 N–H and O–H groups in total. The van der Waals surface area contributed by atoms with Crippen molar-refractivity contribution in [2.24, 2.45) is 0 Å². The highest BCUT2D eigenvalue weighted by Crippen LogP contribution is 2.05. The van der Waals surface area contributed by atoms with E-state index in [-0.39, 0.29) is 11.5 Å². The molecule has 13 heavy (non-hydrogen) atoms. The highest BCUT2D eigenvalue weighted by atomic mass is 16.3. The molecule has 0 saturated heterocycles. The molecule has 0 aliphatic carbocycles. The Morgan fingerprint density at radius 2 is 2.00 bits per heavy atom. The maximum absolute atomic E-state index is 10.6. The number of carbonyl (C=O) groups is 1. The fraction of sp³-hybridized carbons (Fsp3) is 0.100. The lowest BCUT2D eigenvalue weighted by Gasteiger charge is -1.99. The van der Waals surface area contributed by atoms with Crippen LogP contribution in [0.1, 0.15) is 6.92 Å². The molecule has 1 aromatic rings. The molecule has 0 amide bonds. The summed E-state index contributed by atoms with van der Waals surface area (Å²) >= 11 is 0. The molecule has 0 aromatic heterocycles. The fourth-order valence-corrected chi connectivity index (χ4v) is 0.788. The van der Waals surface area contributed by atoms with Crippen LogP contribution in [0.4, 0.5) is 5.69 Å². The third-order valence-electron chi connectivity index (χ3n) is 1.51. The maximum Gasteiger partial charge on any atom is 0.195 e. The summed E-state index contributed by atoms with van der Waals surface area (Å²) in [6.07, 6.45) is 1.28. The number of aliphatic hydroxyl groups excluding tert-OH is 1. The number of benzene rings is 1. The van der Waals surface area contributed by atoms with Crippen molar-refractivity contribution in [3.8, 4) is 0 Å². The second kappa shape index (κ2) is 4.30. The van der Waals surface area contributed by atoms with Gasteiger partial charge in [0, 0.05) is 18.8 Å². The van der Waals surface area contributed by atoms with Crippen molar-refractivity contribution in [1.82, 2.24) is 0 Å². The number of hydrogen-bond acceptors (Lipinski definition) is 3. The topological polar surface area (TPSA) is 49.3 Å². The summed E-state index contributed by atoms with van der Waals surface area (Å²) in [5, 5.41) is 11.8. The van der Waals surface area contributed by atoms with Crippen LogP contribution in [0.15, 0.2) is 42.3 Å². The van der Waals surface area contributed by atoms with E-state index in [1.54, 1.807) is 0 Å². The van der Waals surface area contributed by atoms with E-state index in [2.05, 4.69) is 5.32 Å². The van der Waals surface area contributed by atoms with Crippen molar-refractivity contribution < 1.29 is 9.90 Å². The van der Waals surface area contributed by atoms with Gasteiger partial charge >= 0.3 is 0 Å². The second-order valence-electron chi connectivity index (χ2n) is 2.60. The summed E-state index contributed by atoms with van der Waals surface area (Å²) in [5.74, 6) is -0.632. The van der Waals surface area contributed by atoms with E-state index in [1.165, 1.54) is 13.1 Å². The Hall–Kier alpha value is -1.77. The van der Waals surface area contributed by atoms with Crippen molar-refractivity contribution in [3.63, 3.8) is 0 Å². The lowest BCUT2D eigenvalue weighted by Crippen LogP contribution is -1.98. The van der Waals surface area contributed by atoms with Gasteiger partial charge in [0.15, 0.2) is 11.5 Å². The Labute approximate surface area is 76.7 Å². The van der Waals surface area contributed by atoms with Gasteiger partial charge in [-0.05, 0) is 12.1 Å². The normalized spacial score (nSPS) is 11.0. The number of anilines is 1. The minimum absolute atomic E-state index is 0.274. The molecule has 0 heterocycles. The average Bonchev–Trinajstić information content (AvgIpc) is 2.15. The van der Waals surface area contributed by atoms with Crippen LogP contribution in [0.2, 0.25) is 0 Å². The number of Topliss-reactive ketones (excluding diaryl/α,β-unsaturated/α-hetero) is 1. The number of ketones is 1. The molecule has 1 aromatic carbocycles. The molecule has 0 saturated carbocycles. The van der Waals surface area contributed by atoms with Crippen LogP contribution < -0.4 is 5.32 Å². The molecular formula is C10H11NO2. The molecule has 0 aliphatic rings. The molecule has 1 rings (SSSR count). The number of hydrogen-bond donors (Lipinski definition) is 2. The Morgan fingerprint density at radius 3 is 2.54 bits per heavy atom. The minimum atomic E-state index is -0.358. The van der Waals surface area contributed by atoms with Crippen LogP contribution in [0.3, 0.4) is 0 Å². The van der Waals surface area contributed by atoms with E-state index >= 15 is 0 Å². The Balaban J connectivity index is 2.62. The van der Waals surface area contributed by atoms with E-state index in [0.29, 0.717) is 0 Å². The van der Waals surface area contributed by atoms with Crippen LogP contribution >= 0.6 is 0 Å².